The molecule has 28 heavy (non-hydrogen) atoms. The van der Waals surface area contributed by atoms with E-state index in [0.717, 1.165) is 11.5 Å². The molecule has 6 heteroatoms. The maximum Gasteiger partial charge on any atom is 0.257 e. The van der Waals surface area contributed by atoms with Gasteiger partial charge in [-0.25, -0.2) is 0 Å². The average molecular weight is 382 g/mol. The van der Waals surface area contributed by atoms with Crippen molar-refractivity contribution < 1.29 is 19.1 Å². The van der Waals surface area contributed by atoms with Gasteiger partial charge in [0.2, 0.25) is 5.91 Å². The Bertz CT molecular complexity index is 867. The number of benzene rings is 1. The van der Waals surface area contributed by atoms with Crippen LogP contribution in [0.3, 0.4) is 0 Å². The molecule has 1 saturated carbocycles. The molecule has 2 heterocycles. The molecule has 2 unspecified atom stereocenters. The number of aryl methyl sites for hydroxylation is 1. The summed E-state index contributed by atoms with van der Waals surface area (Å²) in [6.45, 7) is 4.20. The minimum Gasteiger partial charge on any atom is -0.507 e. The molecule has 0 radical (unpaired) electrons. The lowest BCUT2D eigenvalue weighted by Gasteiger charge is -2.35. The number of hydrogen-bond acceptors (Lipinski definition) is 4. The fraction of sp³-hybridized carbons (Fsp3) is 0.455. The topological polar surface area (TPSA) is 74.0 Å². The van der Waals surface area contributed by atoms with Gasteiger partial charge < -0.3 is 19.3 Å². The predicted octanol–water partition coefficient (Wildman–Crippen LogP) is 3.03. The number of carbonyl (C=O) groups is 2. The summed E-state index contributed by atoms with van der Waals surface area (Å²) in [4.78, 5) is 28.6. The third-order valence-electron chi connectivity index (χ3n) is 5.80. The van der Waals surface area contributed by atoms with E-state index in [4.69, 9.17) is 4.42 Å². The highest BCUT2D eigenvalue weighted by Gasteiger charge is 2.36. The van der Waals surface area contributed by atoms with Crippen LogP contribution in [0.5, 0.6) is 5.75 Å². The molecule has 1 aromatic heterocycles. The molecule has 6 nitrogen and oxygen atoms in total. The molecule has 2 atom stereocenters. The van der Waals surface area contributed by atoms with Gasteiger partial charge in [0, 0.05) is 44.9 Å². The van der Waals surface area contributed by atoms with Gasteiger partial charge >= 0.3 is 0 Å². The van der Waals surface area contributed by atoms with Crippen LogP contribution in [0, 0.1) is 5.92 Å². The number of carbonyl (C=O) groups excluding carboxylic acids is 2. The van der Waals surface area contributed by atoms with Gasteiger partial charge in [-0.3, -0.25) is 9.59 Å². The summed E-state index contributed by atoms with van der Waals surface area (Å²) in [6.07, 6.45) is 2.22. The van der Waals surface area contributed by atoms with Gasteiger partial charge in [0.05, 0.1) is 5.56 Å². The highest BCUT2D eigenvalue weighted by Crippen LogP contribution is 2.47. The van der Waals surface area contributed by atoms with Crippen molar-refractivity contribution in [2.45, 2.75) is 32.1 Å². The minimum absolute atomic E-state index is 0.00980. The summed E-state index contributed by atoms with van der Waals surface area (Å²) in [5.41, 5.74) is 0.306. The summed E-state index contributed by atoms with van der Waals surface area (Å²) in [7, 11) is 0. The molecular weight excluding hydrogens is 356 g/mol. The number of furan rings is 1. The number of hydrogen-bond donors (Lipinski definition) is 1. The molecule has 1 aromatic carbocycles. The molecule has 1 aliphatic heterocycles. The van der Waals surface area contributed by atoms with Crippen molar-refractivity contribution in [1.29, 1.82) is 0 Å². The maximum atomic E-state index is 12.5. The molecule has 2 aliphatic rings. The highest BCUT2D eigenvalue weighted by molar-refractivity contribution is 5.97. The molecule has 2 fully saturated rings. The quantitative estimate of drug-likeness (QED) is 0.863. The monoisotopic (exact) mass is 382 g/mol. The molecule has 1 aliphatic carbocycles. The SMILES string of the molecule is CC1CC1c1ccc(CCC(=O)N2CCN(C(=O)c3ccccc3O)CC2)o1. The van der Waals surface area contributed by atoms with E-state index in [1.165, 1.54) is 12.5 Å². The number of nitrogens with zero attached hydrogens (tertiary/aromatic N) is 2. The number of rotatable bonds is 5. The molecule has 0 bridgehead atoms. The van der Waals surface area contributed by atoms with Crippen LogP contribution in [0.2, 0.25) is 0 Å². The molecule has 2 amide bonds. The Labute approximate surface area is 164 Å². The van der Waals surface area contributed by atoms with E-state index in [1.54, 1.807) is 28.0 Å². The number of phenols is 1. The Morgan fingerprint density at radius 2 is 1.75 bits per heavy atom. The van der Waals surface area contributed by atoms with Crippen LogP contribution >= 0.6 is 0 Å². The van der Waals surface area contributed by atoms with Crippen LogP contribution in [-0.2, 0) is 11.2 Å². The first kappa shape index (κ1) is 18.6. The zero-order valence-corrected chi connectivity index (χ0v) is 16.1. The summed E-state index contributed by atoms with van der Waals surface area (Å²) in [5, 5.41) is 9.86. The molecular formula is C22H26N2O4. The number of para-hydroxylation sites is 1. The first-order valence-corrected chi connectivity index (χ1v) is 9.96. The van der Waals surface area contributed by atoms with Gasteiger partial charge in [0.15, 0.2) is 0 Å². The van der Waals surface area contributed by atoms with Crippen molar-refractivity contribution >= 4 is 11.8 Å². The Hall–Kier alpha value is -2.76. The lowest BCUT2D eigenvalue weighted by atomic mass is 10.1. The average Bonchev–Trinajstić information content (AvgIpc) is 3.25. The lowest BCUT2D eigenvalue weighted by molar-refractivity contribution is -0.132. The van der Waals surface area contributed by atoms with Crippen molar-refractivity contribution in [2.75, 3.05) is 26.2 Å². The van der Waals surface area contributed by atoms with E-state index in [-0.39, 0.29) is 17.6 Å². The number of aromatic hydroxyl groups is 1. The van der Waals surface area contributed by atoms with Crippen LogP contribution in [0.25, 0.3) is 0 Å². The van der Waals surface area contributed by atoms with Gasteiger partial charge in [0.25, 0.3) is 5.91 Å². The van der Waals surface area contributed by atoms with Gasteiger partial charge in [-0.1, -0.05) is 19.1 Å². The van der Waals surface area contributed by atoms with E-state index >= 15 is 0 Å². The van der Waals surface area contributed by atoms with E-state index in [2.05, 4.69) is 6.92 Å². The third kappa shape index (κ3) is 3.91. The standard InChI is InChI=1S/C22H26N2O4/c1-15-14-18(15)20-8-6-16(28-20)7-9-21(26)23-10-12-24(13-11-23)22(27)17-4-2-3-5-19(17)25/h2-6,8,15,18,25H,7,9-14H2,1H3. The van der Waals surface area contributed by atoms with Crippen LogP contribution in [0.4, 0.5) is 0 Å². The predicted molar refractivity (Wildman–Crippen MR) is 104 cm³/mol. The first-order valence-electron chi connectivity index (χ1n) is 9.96. The van der Waals surface area contributed by atoms with Crippen LogP contribution < -0.4 is 0 Å². The van der Waals surface area contributed by atoms with E-state index in [0.29, 0.717) is 56.4 Å². The van der Waals surface area contributed by atoms with Crippen LogP contribution in [-0.4, -0.2) is 52.9 Å². The number of phenolic OH excluding ortho intramolecular Hbond substituents is 1. The fourth-order valence-corrected chi connectivity index (χ4v) is 3.82. The van der Waals surface area contributed by atoms with Crippen molar-refractivity contribution in [3.8, 4) is 5.75 Å². The van der Waals surface area contributed by atoms with Crippen molar-refractivity contribution in [3.05, 3.63) is 53.5 Å². The zero-order valence-electron chi connectivity index (χ0n) is 16.1. The van der Waals surface area contributed by atoms with Crippen LogP contribution in [0.15, 0.2) is 40.8 Å². The van der Waals surface area contributed by atoms with Gasteiger partial charge in [-0.2, -0.15) is 0 Å². The second kappa shape index (κ2) is 7.70. The van der Waals surface area contributed by atoms with Gasteiger partial charge in [0.1, 0.15) is 17.3 Å². The van der Waals surface area contributed by atoms with Crippen molar-refractivity contribution in [1.82, 2.24) is 9.80 Å². The van der Waals surface area contributed by atoms with Crippen molar-refractivity contribution in [3.63, 3.8) is 0 Å². The Morgan fingerprint density at radius 1 is 1.07 bits per heavy atom. The largest absolute Gasteiger partial charge is 0.507 e. The Balaban J connectivity index is 1.25. The highest BCUT2D eigenvalue weighted by atomic mass is 16.3. The molecule has 0 spiro atoms. The smallest absolute Gasteiger partial charge is 0.257 e. The molecule has 2 aromatic rings. The minimum atomic E-state index is -0.192. The van der Waals surface area contributed by atoms with Crippen LogP contribution in [0.1, 0.15) is 47.6 Å². The number of amides is 2. The second-order valence-electron chi connectivity index (χ2n) is 7.81. The Kier molecular flexibility index (Phi) is 5.11. The second-order valence-corrected chi connectivity index (χ2v) is 7.81. The zero-order chi connectivity index (χ0) is 19.7. The molecule has 148 valence electrons. The molecule has 1 saturated heterocycles. The van der Waals surface area contributed by atoms with E-state index in [1.807, 2.05) is 12.1 Å². The van der Waals surface area contributed by atoms with E-state index in [9.17, 15) is 14.7 Å². The fourth-order valence-electron chi connectivity index (χ4n) is 3.82. The summed E-state index contributed by atoms with van der Waals surface area (Å²) < 4.78 is 5.88. The maximum absolute atomic E-state index is 12.5. The Morgan fingerprint density at radius 3 is 2.43 bits per heavy atom. The molecule has 1 N–H and O–H groups in total. The summed E-state index contributed by atoms with van der Waals surface area (Å²) in [6, 6.07) is 10.6. The van der Waals surface area contributed by atoms with Gasteiger partial charge in [-0.05, 0) is 36.6 Å². The summed E-state index contributed by atoms with van der Waals surface area (Å²) >= 11 is 0. The first-order chi connectivity index (χ1) is 13.5. The normalized spacial score (nSPS) is 21.6. The van der Waals surface area contributed by atoms with Crippen molar-refractivity contribution in [2.24, 2.45) is 5.92 Å². The third-order valence-corrected chi connectivity index (χ3v) is 5.80. The molecule has 4 rings (SSSR count). The van der Waals surface area contributed by atoms with Gasteiger partial charge in [-0.15, -0.1) is 0 Å². The van der Waals surface area contributed by atoms with E-state index < -0.39 is 0 Å². The lowest BCUT2D eigenvalue weighted by Crippen LogP contribution is -2.50. The number of piperazine rings is 1. The summed E-state index contributed by atoms with van der Waals surface area (Å²) in [5.74, 6) is 3.07.